The maximum atomic E-state index is 4.04. The summed E-state index contributed by atoms with van der Waals surface area (Å²) in [6.45, 7) is 0.833. The zero-order valence-corrected chi connectivity index (χ0v) is 8.07. The van der Waals surface area contributed by atoms with Crippen molar-refractivity contribution >= 4 is 11.3 Å². The summed E-state index contributed by atoms with van der Waals surface area (Å²) < 4.78 is 0. The SMILES string of the molecule is C1=C(c2c[nH]nn2)c2ccccc2NC1. The van der Waals surface area contributed by atoms with Crippen molar-refractivity contribution in [1.29, 1.82) is 0 Å². The molecule has 2 heterocycles. The number of H-pyrrole nitrogens is 1. The van der Waals surface area contributed by atoms with Crippen LogP contribution in [-0.4, -0.2) is 22.0 Å². The number of rotatable bonds is 1. The number of fused-ring (bicyclic) bond motifs is 1. The second kappa shape index (κ2) is 3.24. The number of anilines is 1. The second-order valence-electron chi connectivity index (χ2n) is 3.40. The Morgan fingerprint density at radius 2 is 2.13 bits per heavy atom. The molecule has 1 aromatic heterocycles. The van der Waals surface area contributed by atoms with Crippen LogP contribution in [0, 0.1) is 0 Å². The third kappa shape index (κ3) is 1.30. The molecule has 0 unspecified atom stereocenters. The van der Waals surface area contributed by atoms with Crippen molar-refractivity contribution in [3.05, 3.63) is 47.8 Å². The largest absolute Gasteiger partial charge is 0.381 e. The molecule has 0 aliphatic carbocycles. The molecule has 2 N–H and O–H groups in total. The minimum Gasteiger partial charge on any atom is -0.381 e. The first-order valence-electron chi connectivity index (χ1n) is 4.85. The molecule has 74 valence electrons. The Morgan fingerprint density at radius 3 is 3.00 bits per heavy atom. The maximum Gasteiger partial charge on any atom is 0.113 e. The van der Waals surface area contributed by atoms with E-state index in [1.807, 2.05) is 18.3 Å². The predicted molar refractivity (Wildman–Crippen MR) is 58.4 cm³/mol. The van der Waals surface area contributed by atoms with Crippen molar-refractivity contribution in [1.82, 2.24) is 15.4 Å². The smallest absolute Gasteiger partial charge is 0.113 e. The molecule has 1 aliphatic rings. The first kappa shape index (κ1) is 8.23. The Labute approximate surface area is 87.0 Å². The molecule has 0 amide bonds. The van der Waals surface area contributed by atoms with E-state index >= 15 is 0 Å². The number of nitrogens with one attached hydrogen (secondary N) is 2. The van der Waals surface area contributed by atoms with Crippen LogP contribution >= 0.6 is 0 Å². The van der Waals surface area contributed by atoms with Gasteiger partial charge in [0.2, 0.25) is 0 Å². The van der Waals surface area contributed by atoms with Crippen LogP contribution in [0.2, 0.25) is 0 Å². The van der Waals surface area contributed by atoms with E-state index in [-0.39, 0.29) is 0 Å². The summed E-state index contributed by atoms with van der Waals surface area (Å²) in [4.78, 5) is 0. The number of aromatic amines is 1. The number of para-hydroxylation sites is 1. The van der Waals surface area contributed by atoms with Crippen LogP contribution in [0.5, 0.6) is 0 Å². The number of hydrogen-bond acceptors (Lipinski definition) is 3. The maximum absolute atomic E-state index is 4.04. The molecule has 0 bridgehead atoms. The number of hydrogen-bond donors (Lipinski definition) is 2. The van der Waals surface area contributed by atoms with E-state index in [2.05, 4.69) is 38.9 Å². The van der Waals surface area contributed by atoms with E-state index in [0.717, 1.165) is 23.5 Å². The molecular weight excluding hydrogens is 188 g/mol. The monoisotopic (exact) mass is 198 g/mol. The molecule has 4 heteroatoms. The standard InChI is InChI=1S/C11H10N4/c1-2-4-10-8(3-1)9(5-6-12-10)11-7-13-15-14-11/h1-5,7,12H,6H2,(H,13,14,15). The lowest BCUT2D eigenvalue weighted by atomic mass is 9.98. The molecule has 0 radical (unpaired) electrons. The summed E-state index contributed by atoms with van der Waals surface area (Å²) in [7, 11) is 0. The van der Waals surface area contributed by atoms with Gasteiger partial charge in [-0.3, -0.25) is 5.10 Å². The summed E-state index contributed by atoms with van der Waals surface area (Å²) >= 11 is 0. The molecule has 0 spiro atoms. The van der Waals surface area contributed by atoms with Crippen molar-refractivity contribution in [2.24, 2.45) is 0 Å². The first-order valence-corrected chi connectivity index (χ1v) is 4.85. The highest BCUT2D eigenvalue weighted by molar-refractivity contribution is 5.86. The van der Waals surface area contributed by atoms with E-state index in [1.165, 1.54) is 5.56 Å². The van der Waals surface area contributed by atoms with Crippen molar-refractivity contribution in [2.75, 3.05) is 11.9 Å². The molecule has 3 rings (SSSR count). The molecule has 0 fully saturated rings. The highest BCUT2D eigenvalue weighted by Crippen LogP contribution is 2.30. The third-order valence-corrected chi connectivity index (χ3v) is 2.51. The van der Waals surface area contributed by atoms with Gasteiger partial charge >= 0.3 is 0 Å². The molecule has 0 saturated heterocycles. The lowest BCUT2D eigenvalue weighted by Gasteiger charge is -2.17. The van der Waals surface area contributed by atoms with Gasteiger partial charge in [-0.15, -0.1) is 5.10 Å². The van der Waals surface area contributed by atoms with Crippen LogP contribution < -0.4 is 5.32 Å². The fourth-order valence-electron chi connectivity index (χ4n) is 1.82. The topological polar surface area (TPSA) is 53.6 Å². The normalized spacial score (nSPS) is 14.0. The summed E-state index contributed by atoms with van der Waals surface area (Å²) in [6, 6.07) is 8.21. The van der Waals surface area contributed by atoms with Gasteiger partial charge in [-0.25, -0.2) is 0 Å². The molecule has 1 aliphatic heterocycles. The second-order valence-corrected chi connectivity index (χ2v) is 3.40. The molecule has 0 saturated carbocycles. The van der Waals surface area contributed by atoms with Gasteiger partial charge in [-0.2, -0.15) is 0 Å². The molecule has 1 aromatic carbocycles. The van der Waals surface area contributed by atoms with E-state index in [9.17, 15) is 0 Å². The summed E-state index contributed by atoms with van der Waals surface area (Å²) in [5.41, 5.74) is 4.36. The number of benzene rings is 1. The van der Waals surface area contributed by atoms with Gasteiger partial charge in [0.15, 0.2) is 0 Å². The number of aromatic nitrogens is 3. The van der Waals surface area contributed by atoms with Crippen LogP contribution in [0.15, 0.2) is 36.5 Å². The molecule has 0 atom stereocenters. The minimum absolute atomic E-state index is 0.833. The van der Waals surface area contributed by atoms with Crippen molar-refractivity contribution in [3.8, 4) is 0 Å². The van der Waals surface area contributed by atoms with Crippen LogP contribution in [0.1, 0.15) is 11.3 Å². The van der Waals surface area contributed by atoms with E-state index in [4.69, 9.17) is 0 Å². The summed E-state index contributed by atoms with van der Waals surface area (Å²) in [5, 5.41) is 13.8. The summed E-state index contributed by atoms with van der Waals surface area (Å²) in [6.07, 6.45) is 3.94. The van der Waals surface area contributed by atoms with E-state index < -0.39 is 0 Å². The number of nitrogens with zero attached hydrogens (tertiary/aromatic N) is 2. The van der Waals surface area contributed by atoms with Gasteiger partial charge in [0.1, 0.15) is 5.69 Å². The Kier molecular flexibility index (Phi) is 1.78. The predicted octanol–water partition coefficient (Wildman–Crippen LogP) is 1.66. The first-order chi connectivity index (χ1) is 7.45. The Morgan fingerprint density at radius 1 is 1.20 bits per heavy atom. The summed E-state index contributed by atoms with van der Waals surface area (Å²) in [5.74, 6) is 0. The van der Waals surface area contributed by atoms with Crippen molar-refractivity contribution in [2.45, 2.75) is 0 Å². The van der Waals surface area contributed by atoms with Gasteiger partial charge < -0.3 is 5.32 Å². The van der Waals surface area contributed by atoms with Crippen LogP contribution in [0.3, 0.4) is 0 Å². The van der Waals surface area contributed by atoms with Crippen LogP contribution in [0.4, 0.5) is 5.69 Å². The van der Waals surface area contributed by atoms with Crippen LogP contribution in [0.25, 0.3) is 5.57 Å². The molecular formula is C11H10N4. The molecule has 15 heavy (non-hydrogen) atoms. The Bertz CT molecular complexity index is 499. The zero-order valence-electron chi connectivity index (χ0n) is 8.07. The highest BCUT2D eigenvalue weighted by Gasteiger charge is 2.14. The fraction of sp³-hybridized carbons (Fsp3) is 0.0909. The lowest BCUT2D eigenvalue weighted by molar-refractivity contribution is 0.935. The molecule has 2 aromatic rings. The lowest BCUT2D eigenvalue weighted by Crippen LogP contribution is -2.08. The van der Waals surface area contributed by atoms with Crippen molar-refractivity contribution < 1.29 is 0 Å². The zero-order chi connectivity index (χ0) is 10.1. The van der Waals surface area contributed by atoms with Gasteiger partial charge in [-0.05, 0) is 6.07 Å². The van der Waals surface area contributed by atoms with Gasteiger partial charge in [-0.1, -0.05) is 29.5 Å². The van der Waals surface area contributed by atoms with Crippen LogP contribution in [-0.2, 0) is 0 Å². The van der Waals surface area contributed by atoms with Gasteiger partial charge in [0.25, 0.3) is 0 Å². The average molecular weight is 198 g/mol. The van der Waals surface area contributed by atoms with Gasteiger partial charge in [0.05, 0.1) is 6.20 Å². The van der Waals surface area contributed by atoms with E-state index in [1.54, 1.807) is 0 Å². The van der Waals surface area contributed by atoms with Gasteiger partial charge in [0, 0.05) is 23.4 Å². The average Bonchev–Trinajstić information content (AvgIpc) is 2.82. The third-order valence-electron chi connectivity index (χ3n) is 2.51. The highest BCUT2D eigenvalue weighted by atomic mass is 15.3. The van der Waals surface area contributed by atoms with Crippen molar-refractivity contribution in [3.63, 3.8) is 0 Å². The Hall–Kier alpha value is -2.10. The minimum atomic E-state index is 0.833. The van der Waals surface area contributed by atoms with E-state index in [0.29, 0.717) is 0 Å². The molecule has 4 nitrogen and oxygen atoms in total. The Balaban J connectivity index is 2.15. The fourth-order valence-corrected chi connectivity index (χ4v) is 1.82. The quantitative estimate of drug-likeness (QED) is 0.732.